The molecule has 2 saturated carbocycles. The van der Waals surface area contributed by atoms with Crippen LogP contribution in [0.4, 0.5) is 14.0 Å². The monoisotopic (exact) mass is 638 g/mol. The smallest absolute Gasteiger partial charge is 0.435 e. The fourth-order valence-electron chi connectivity index (χ4n) is 6.07. The summed E-state index contributed by atoms with van der Waals surface area (Å²) in [6, 6.07) is 1.09. The molecule has 1 aromatic heterocycles. The van der Waals surface area contributed by atoms with Gasteiger partial charge in [0, 0.05) is 25.1 Å². The lowest BCUT2D eigenvalue weighted by atomic mass is 9.94. The number of nitrogens with one attached hydrogen (secondary N) is 1. The van der Waals surface area contributed by atoms with E-state index in [4.69, 9.17) is 37.3 Å². The second kappa shape index (κ2) is 11.6. The van der Waals surface area contributed by atoms with E-state index in [0.717, 1.165) is 23.5 Å². The largest absolute Gasteiger partial charge is 0.510 e. The lowest BCUT2D eigenvalue weighted by molar-refractivity contribution is -0.234. The second-order valence-electron chi connectivity index (χ2n) is 10.3. The molecule has 43 heavy (non-hydrogen) atoms. The summed E-state index contributed by atoms with van der Waals surface area (Å²) in [5.74, 6) is -1.20. The van der Waals surface area contributed by atoms with Crippen molar-refractivity contribution in [3.63, 3.8) is 0 Å². The predicted octanol–water partition coefficient (Wildman–Crippen LogP) is 2.39. The van der Waals surface area contributed by atoms with E-state index in [1.54, 1.807) is 0 Å². The number of aromatic nitrogens is 2. The van der Waals surface area contributed by atoms with E-state index < -0.39 is 86.6 Å². The normalized spacial score (nSPS) is 31.8. The third kappa shape index (κ3) is 5.18. The molecule has 2 aliphatic heterocycles. The number of H-pyrrole nitrogens is 1. The van der Waals surface area contributed by atoms with Crippen LogP contribution in [0.3, 0.4) is 0 Å². The number of hydrogen-bond donors (Lipinski definition) is 1. The summed E-state index contributed by atoms with van der Waals surface area (Å²) in [6.07, 6.45) is -1.66. The number of alkyl halides is 1. The number of rotatable bonds is 12. The molecule has 2 saturated heterocycles. The van der Waals surface area contributed by atoms with E-state index in [1.807, 2.05) is 0 Å². The van der Waals surface area contributed by atoms with E-state index in [-0.39, 0.29) is 13.2 Å². The summed E-state index contributed by atoms with van der Waals surface area (Å²) in [6.45, 7) is 1.30. The summed E-state index contributed by atoms with van der Waals surface area (Å²) < 4.78 is 83.6. The molecule has 19 heteroatoms. The van der Waals surface area contributed by atoms with Crippen molar-refractivity contribution >= 4 is 20.1 Å². The third-order valence-corrected chi connectivity index (χ3v) is 9.13. The average Bonchev–Trinajstić information content (AvgIpc) is 3.25. The molecule has 0 radical (unpaired) electrons. The number of carbonyl (C=O) groups excluding carboxylic acids is 2. The van der Waals surface area contributed by atoms with Crippen LogP contribution in [0.2, 0.25) is 0 Å². The Balaban J connectivity index is 1.45. The van der Waals surface area contributed by atoms with Crippen molar-refractivity contribution in [2.75, 3.05) is 33.5 Å². The highest BCUT2D eigenvalue weighted by Gasteiger charge is 2.99. The minimum atomic E-state index is -4.87. The number of carbonyl (C=O) groups is 2. The number of ether oxygens (including phenoxy) is 7. The summed E-state index contributed by atoms with van der Waals surface area (Å²) in [7, 11) is -4.87. The van der Waals surface area contributed by atoms with Crippen molar-refractivity contribution in [1.82, 2.24) is 9.55 Å². The summed E-state index contributed by atoms with van der Waals surface area (Å²) in [5.41, 5.74) is -6.94. The van der Waals surface area contributed by atoms with E-state index in [9.17, 15) is 23.7 Å². The lowest BCUT2D eigenvalue weighted by Gasteiger charge is -2.34. The maximum Gasteiger partial charge on any atom is 0.510 e. The Bertz CT molecular complexity index is 1370. The van der Waals surface area contributed by atoms with Gasteiger partial charge in [-0.2, -0.15) is 0 Å². The number of hydrogen-bond acceptors (Lipinski definition) is 15. The molecule has 0 aromatic carbocycles. The van der Waals surface area contributed by atoms with Gasteiger partial charge in [0.05, 0.1) is 13.2 Å². The van der Waals surface area contributed by atoms with E-state index in [2.05, 4.69) is 14.5 Å². The van der Waals surface area contributed by atoms with Crippen molar-refractivity contribution in [2.45, 2.75) is 81.4 Å². The van der Waals surface area contributed by atoms with E-state index in [1.165, 1.54) is 27.0 Å². The van der Waals surface area contributed by atoms with Crippen LogP contribution in [-0.2, 0) is 51.3 Å². The van der Waals surface area contributed by atoms with Crippen LogP contribution in [0.15, 0.2) is 21.9 Å². The van der Waals surface area contributed by atoms with Crippen molar-refractivity contribution < 1.29 is 65.3 Å². The van der Waals surface area contributed by atoms with Crippen molar-refractivity contribution in [3.05, 3.63) is 33.1 Å². The molecule has 5 atom stereocenters. The molecular weight excluding hydrogens is 606 g/mol. The fraction of sp³-hybridized carbons (Fsp3) is 0.750. The Labute approximate surface area is 243 Å². The highest BCUT2D eigenvalue weighted by atomic mass is 31.2. The highest BCUT2D eigenvalue weighted by molar-refractivity contribution is 7.48. The highest BCUT2D eigenvalue weighted by Crippen LogP contribution is 2.79. The van der Waals surface area contributed by atoms with Gasteiger partial charge in [-0.25, -0.2) is 32.4 Å². The quantitative estimate of drug-likeness (QED) is 0.199. The van der Waals surface area contributed by atoms with Gasteiger partial charge in [0.1, 0.15) is 18.4 Å². The van der Waals surface area contributed by atoms with Gasteiger partial charge in [0.25, 0.3) is 5.56 Å². The zero-order valence-corrected chi connectivity index (χ0v) is 24.5. The zero-order chi connectivity index (χ0) is 31.1. The molecule has 0 bridgehead atoms. The van der Waals surface area contributed by atoms with Gasteiger partial charge in [-0.05, 0) is 33.6 Å². The summed E-state index contributed by atoms with van der Waals surface area (Å²) in [4.78, 5) is 49.8. The average molecular weight is 638 g/mol. The Morgan fingerprint density at radius 1 is 1.05 bits per heavy atom. The van der Waals surface area contributed by atoms with Crippen LogP contribution in [0.1, 0.15) is 52.7 Å². The first-order valence-corrected chi connectivity index (χ1v) is 15.0. The maximum absolute atomic E-state index is 15.1. The van der Waals surface area contributed by atoms with Crippen LogP contribution in [-0.4, -0.2) is 84.0 Å². The molecule has 1 aromatic rings. The molecule has 1 unspecified atom stereocenters. The van der Waals surface area contributed by atoms with Gasteiger partial charge in [-0.3, -0.25) is 18.9 Å². The van der Waals surface area contributed by atoms with Gasteiger partial charge in [0.2, 0.25) is 13.6 Å². The van der Waals surface area contributed by atoms with Gasteiger partial charge >= 0.3 is 25.8 Å². The van der Waals surface area contributed by atoms with Crippen LogP contribution >= 0.6 is 7.82 Å². The van der Waals surface area contributed by atoms with Crippen LogP contribution in [0.25, 0.3) is 0 Å². The van der Waals surface area contributed by atoms with Crippen LogP contribution in [0.5, 0.6) is 0 Å². The Morgan fingerprint density at radius 2 is 1.65 bits per heavy atom. The first-order chi connectivity index (χ1) is 20.4. The minimum absolute atomic E-state index is 0.0188. The number of nitrogens with zero attached hydrogens (tertiary/aromatic N) is 1. The maximum atomic E-state index is 15.1. The molecular formula is C24H32FN2O15P. The van der Waals surface area contributed by atoms with Crippen molar-refractivity contribution in [3.8, 4) is 0 Å². The number of aromatic amines is 1. The molecule has 2 aliphatic carbocycles. The standard InChI is InChI=1S/C24H32FN2O15P/c1-4-33-19(30)35-13-37-43(32,38-14-36-20(31)34-5-2)40-16-23(12-25)24(16)21(3,41-22(42-24)9-6-7-10-22)17(39-23)27-11-8-15(28)26-18(27)29/h8,11,16-17H,4-7,9-10,12-14H2,1-3H3,(H,26,28,29)/t16?,17-,21+,23-,24+/m1/s1. The lowest BCUT2D eigenvalue weighted by Crippen LogP contribution is -2.49. The molecule has 5 rings (SSSR count). The topological polar surface area (TPSA) is 198 Å². The second-order valence-corrected chi connectivity index (χ2v) is 11.9. The van der Waals surface area contributed by atoms with Crippen molar-refractivity contribution in [2.24, 2.45) is 0 Å². The number of phosphoric acid groups is 1. The molecule has 240 valence electrons. The summed E-state index contributed by atoms with van der Waals surface area (Å²) >= 11 is 0. The Morgan fingerprint density at radius 3 is 2.19 bits per heavy atom. The summed E-state index contributed by atoms with van der Waals surface area (Å²) in [5, 5.41) is 0. The fourth-order valence-corrected chi connectivity index (χ4v) is 7.21. The molecule has 2 spiro atoms. The van der Waals surface area contributed by atoms with Gasteiger partial charge < -0.3 is 33.2 Å². The first kappa shape index (κ1) is 31.6. The molecule has 4 aliphatic rings. The minimum Gasteiger partial charge on any atom is -0.435 e. The van der Waals surface area contributed by atoms with Gasteiger partial charge in [-0.15, -0.1) is 0 Å². The number of phosphoric ester groups is 1. The van der Waals surface area contributed by atoms with E-state index in [0.29, 0.717) is 12.8 Å². The zero-order valence-electron chi connectivity index (χ0n) is 23.6. The van der Waals surface area contributed by atoms with Crippen LogP contribution < -0.4 is 11.2 Å². The van der Waals surface area contributed by atoms with Gasteiger partial charge in [-0.1, -0.05) is 0 Å². The SMILES string of the molecule is CCOC(=O)OCOP(=O)(OCOC(=O)OCC)OC1[C@]23OC4(CCCC4)O[C@@]2(C)[C@H](n2ccc(=O)[nH]c2=O)O[C@]13CF. The Kier molecular flexibility index (Phi) is 8.49. The van der Waals surface area contributed by atoms with E-state index >= 15 is 4.39 Å². The predicted molar refractivity (Wildman–Crippen MR) is 135 cm³/mol. The van der Waals surface area contributed by atoms with Crippen LogP contribution in [0, 0.1) is 0 Å². The number of halogens is 1. The van der Waals surface area contributed by atoms with Gasteiger partial charge in [0.15, 0.2) is 23.2 Å². The molecule has 0 amide bonds. The molecule has 17 nitrogen and oxygen atoms in total. The molecule has 1 N–H and O–H groups in total. The first-order valence-electron chi connectivity index (χ1n) is 13.6. The van der Waals surface area contributed by atoms with Crippen molar-refractivity contribution in [1.29, 1.82) is 0 Å². The molecule has 4 fully saturated rings. The Hall–Kier alpha value is -2.86. The molecule has 3 heterocycles. The third-order valence-electron chi connectivity index (χ3n) is 7.82.